The van der Waals surface area contributed by atoms with E-state index in [9.17, 15) is 23.1 Å². The van der Waals surface area contributed by atoms with Crippen LogP contribution in [0.25, 0.3) is 0 Å². The van der Waals surface area contributed by atoms with Crippen molar-refractivity contribution in [1.29, 1.82) is 0 Å². The predicted molar refractivity (Wildman–Crippen MR) is 63.6 cm³/mol. The summed E-state index contributed by atoms with van der Waals surface area (Å²) in [6.45, 7) is 1.91. The second-order valence-electron chi connectivity index (χ2n) is 4.80. The summed E-state index contributed by atoms with van der Waals surface area (Å²) in [4.78, 5) is 11.7. The average molecular weight is 289 g/mol. The zero-order valence-electron chi connectivity index (χ0n) is 10.8. The molecule has 1 amide bonds. The normalized spacial score (nSPS) is 25.8. The molecule has 7 heteroatoms. The van der Waals surface area contributed by atoms with Crippen LogP contribution in [-0.2, 0) is 4.74 Å². The van der Waals surface area contributed by atoms with Crippen molar-refractivity contribution in [3.63, 3.8) is 0 Å². The lowest BCUT2D eigenvalue weighted by atomic mass is 9.96. The van der Waals surface area contributed by atoms with Gasteiger partial charge in [-0.05, 0) is 19.1 Å². The number of halogens is 3. The zero-order valence-corrected chi connectivity index (χ0v) is 10.8. The van der Waals surface area contributed by atoms with Crippen molar-refractivity contribution in [2.75, 3.05) is 13.2 Å². The summed E-state index contributed by atoms with van der Waals surface area (Å²) in [5.41, 5.74) is -1.57. The van der Waals surface area contributed by atoms with Crippen LogP contribution in [0.15, 0.2) is 12.1 Å². The fourth-order valence-corrected chi connectivity index (χ4v) is 2.02. The lowest BCUT2D eigenvalue weighted by molar-refractivity contribution is -0.0251. The summed E-state index contributed by atoms with van der Waals surface area (Å²) in [5.74, 6) is -5.30. The highest BCUT2D eigenvalue weighted by atomic mass is 19.2. The first kappa shape index (κ1) is 14.8. The van der Waals surface area contributed by atoms with Gasteiger partial charge in [0.25, 0.3) is 5.91 Å². The van der Waals surface area contributed by atoms with Crippen molar-refractivity contribution in [3.05, 3.63) is 35.1 Å². The maximum absolute atomic E-state index is 13.0. The molecule has 1 aromatic rings. The van der Waals surface area contributed by atoms with Gasteiger partial charge in [0.15, 0.2) is 17.5 Å². The van der Waals surface area contributed by atoms with E-state index < -0.39 is 35.1 Å². The molecule has 0 aromatic heterocycles. The smallest absolute Gasteiger partial charge is 0.251 e. The molecule has 0 aliphatic carbocycles. The second-order valence-corrected chi connectivity index (χ2v) is 4.80. The standard InChI is InChI=1S/C13H14F3NO3/c1-7-13(19,2-3-20-7)6-17-12(18)8-4-9(14)11(16)10(15)5-8/h4-5,7,19H,2-3,6H2,1H3,(H,17,18). The summed E-state index contributed by atoms with van der Waals surface area (Å²) in [6.07, 6.45) is -0.106. The van der Waals surface area contributed by atoms with Gasteiger partial charge in [0.1, 0.15) is 5.60 Å². The van der Waals surface area contributed by atoms with Crippen LogP contribution in [0.3, 0.4) is 0 Å². The minimum Gasteiger partial charge on any atom is -0.385 e. The van der Waals surface area contributed by atoms with Crippen LogP contribution in [0, 0.1) is 17.5 Å². The first-order valence-corrected chi connectivity index (χ1v) is 6.10. The summed E-state index contributed by atoms with van der Waals surface area (Å²) in [6, 6.07) is 1.21. The largest absolute Gasteiger partial charge is 0.385 e. The Hall–Kier alpha value is -1.60. The van der Waals surface area contributed by atoms with Crippen LogP contribution in [0.1, 0.15) is 23.7 Å². The van der Waals surface area contributed by atoms with Crippen LogP contribution >= 0.6 is 0 Å². The number of benzene rings is 1. The quantitative estimate of drug-likeness (QED) is 0.826. The number of amides is 1. The highest BCUT2D eigenvalue weighted by Gasteiger charge is 2.39. The van der Waals surface area contributed by atoms with E-state index >= 15 is 0 Å². The third kappa shape index (κ3) is 2.78. The molecule has 0 saturated carbocycles. The highest BCUT2D eigenvalue weighted by molar-refractivity contribution is 5.94. The Morgan fingerprint density at radius 3 is 2.55 bits per heavy atom. The van der Waals surface area contributed by atoms with E-state index in [1.165, 1.54) is 0 Å². The molecule has 4 nitrogen and oxygen atoms in total. The summed E-state index contributed by atoms with van der Waals surface area (Å²) in [7, 11) is 0. The Kier molecular flexibility index (Phi) is 4.01. The molecule has 2 N–H and O–H groups in total. The fraction of sp³-hybridized carbons (Fsp3) is 0.462. The Morgan fingerprint density at radius 1 is 1.45 bits per heavy atom. The van der Waals surface area contributed by atoms with Crippen molar-refractivity contribution in [3.8, 4) is 0 Å². The predicted octanol–water partition coefficient (Wildman–Crippen LogP) is 1.37. The number of hydrogen-bond acceptors (Lipinski definition) is 3. The molecular formula is C13H14F3NO3. The zero-order chi connectivity index (χ0) is 14.9. The van der Waals surface area contributed by atoms with E-state index in [4.69, 9.17) is 4.74 Å². The topological polar surface area (TPSA) is 58.6 Å². The number of hydrogen-bond donors (Lipinski definition) is 2. The Bertz CT molecular complexity index is 515. The molecule has 1 heterocycles. The molecule has 1 aromatic carbocycles. The van der Waals surface area contributed by atoms with Crippen molar-refractivity contribution in [1.82, 2.24) is 5.32 Å². The fourth-order valence-electron chi connectivity index (χ4n) is 2.02. The number of carbonyl (C=O) groups excluding carboxylic acids is 1. The van der Waals surface area contributed by atoms with Crippen molar-refractivity contribution in [2.24, 2.45) is 0 Å². The van der Waals surface area contributed by atoms with E-state index in [1.54, 1.807) is 6.92 Å². The van der Waals surface area contributed by atoms with E-state index in [0.29, 0.717) is 25.2 Å². The SMILES string of the molecule is CC1OCCC1(O)CNC(=O)c1cc(F)c(F)c(F)c1. The molecule has 2 unspecified atom stereocenters. The number of nitrogens with one attached hydrogen (secondary N) is 1. The molecule has 0 spiro atoms. The monoisotopic (exact) mass is 289 g/mol. The summed E-state index contributed by atoms with van der Waals surface area (Å²) >= 11 is 0. The van der Waals surface area contributed by atoms with Crippen LogP contribution < -0.4 is 5.32 Å². The van der Waals surface area contributed by atoms with Gasteiger partial charge in [-0.25, -0.2) is 13.2 Å². The molecule has 2 atom stereocenters. The molecule has 1 fully saturated rings. The van der Waals surface area contributed by atoms with Gasteiger partial charge in [0.2, 0.25) is 0 Å². The first-order valence-electron chi connectivity index (χ1n) is 6.10. The van der Waals surface area contributed by atoms with Crippen LogP contribution in [0.4, 0.5) is 13.2 Å². The molecule has 1 saturated heterocycles. The molecule has 0 radical (unpaired) electrons. The van der Waals surface area contributed by atoms with Crippen LogP contribution in [-0.4, -0.2) is 35.9 Å². The third-order valence-corrected chi connectivity index (χ3v) is 3.46. The molecule has 0 bridgehead atoms. The minimum atomic E-state index is -1.63. The molecule has 2 rings (SSSR count). The first-order chi connectivity index (χ1) is 9.33. The molecule has 1 aliphatic rings. The lowest BCUT2D eigenvalue weighted by Crippen LogP contribution is -2.47. The highest BCUT2D eigenvalue weighted by Crippen LogP contribution is 2.24. The minimum absolute atomic E-state index is 0.117. The molecular weight excluding hydrogens is 275 g/mol. The van der Waals surface area contributed by atoms with E-state index in [1.807, 2.05) is 0 Å². The van der Waals surface area contributed by atoms with Crippen molar-refractivity contribution < 1.29 is 27.8 Å². The van der Waals surface area contributed by atoms with Gasteiger partial charge >= 0.3 is 0 Å². The third-order valence-electron chi connectivity index (χ3n) is 3.46. The van der Waals surface area contributed by atoms with E-state index in [-0.39, 0.29) is 12.1 Å². The Labute approximate surface area is 113 Å². The summed E-state index contributed by atoms with van der Waals surface area (Å²) < 4.78 is 44.0. The van der Waals surface area contributed by atoms with Crippen molar-refractivity contribution in [2.45, 2.75) is 25.0 Å². The maximum Gasteiger partial charge on any atom is 0.251 e. The van der Waals surface area contributed by atoms with Gasteiger partial charge in [-0.2, -0.15) is 0 Å². The Balaban J connectivity index is 2.06. The summed E-state index contributed by atoms with van der Waals surface area (Å²) in [5, 5.41) is 12.5. The lowest BCUT2D eigenvalue weighted by Gasteiger charge is -2.26. The van der Waals surface area contributed by atoms with Gasteiger partial charge in [0, 0.05) is 25.1 Å². The number of aliphatic hydroxyl groups is 1. The van der Waals surface area contributed by atoms with Crippen LogP contribution in [0.2, 0.25) is 0 Å². The van der Waals surface area contributed by atoms with Gasteiger partial charge in [-0.1, -0.05) is 0 Å². The van der Waals surface area contributed by atoms with Gasteiger partial charge in [-0.15, -0.1) is 0 Å². The molecule has 1 aliphatic heterocycles. The van der Waals surface area contributed by atoms with Crippen LogP contribution in [0.5, 0.6) is 0 Å². The number of rotatable bonds is 3. The van der Waals surface area contributed by atoms with Gasteiger partial charge in [0.05, 0.1) is 6.10 Å². The second kappa shape index (κ2) is 5.41. The number of carbonyl (C=O) groups is 1. The van der Waals surface area contributed by atoms with Crippen molar-refractivity contribution >= 4 is 5.91 Å². The molecule has 110 valence electrons. The van der Waals surface area contributed by atoms with E-state index in [2.05, 4.69) is 5.32 Å². The average Bonchev–Trinajstić information content (AvgIpc) is 2.73. The molecule has 20 heavy (non-hydrogen) atoms. The Morgan fingerprint density at radius 2 is 2.05 bits per heavy atom. The maximum atomic E-state index is 13.0. The number of ether oxygens (including phenoxy) is 1. The van der Waals surface area contributed by atoms with Gasteiger partial charge < -0.3 is 15.2 Å². The van der Waals surface area contributed by atoms with E-state index in [0.717, 1.165) is 0 Å². The van der Waals surface area contributed by atoms with Gasteiger partial charge in [-0.3, -0.25) is 4.79 Å².